The molecule has 0 aliphatic heterocycles. The van der Waals surface area contributed by atoms with Crippen molar-refractivity contribution in [2.75, 3.05) is 11.4 Å². The highest BCUT2D eigenvalue weighted by Gasteiger charge is 2.12. The quantitative estimate of drug-likeness (QED) is 0.880. The van der Waals surface area contributed by atoms with E-state index in [1.807, 2.05) is 0 Å². The van der Waals surface area contributed by atoms with Crippen molar-refractivity contribution in [2.24, 2.45) is 0 Å². The largest absolute Gasteiger partial charge is 0.382 e. The first-order chi connectivity index (χ1) is 9.41. The molecule has 5 nitrogen and oxygen atoms in total. The molecule has 1 heterocycles. The van der Waals surface area contributed by atoms with Crippen LogP contribution in [0.1, 0.15) is 0 Å². The highest BCUT2D eigenvalue weighted by Crippen LogP contribution is 2.33. The summed E-state index contributed by atoms with van der Waals surface area (Å²) >= 11 is 12.0. The predicted octanol–water partition coefficient (Wildman–Crippen LogP) is 2.01. The topological polar surface area (TPSA) is 90.7 Å². The standard InChI is InChI=1S/C9H7Cl2N5/c10-5-3-1-2-4(6(5)11)7-8(12)14-9(13)16-15-7/h1-3H,(H4,12,13,14,16)/i/hD4. The van der Waals surface area contributed by atoms with Gasteiger partial charge >= 0.3 is 0 Å². The fraction of sp³-hybridized carbons (Fsp3) is 0. The van der Waals surface area contributed by atoms with E-state index in [-0.39, 0.29) is 38.9 Å². The highest BCUT2D eigenvalue weighted by atomic mass is 35.5. The van der Waals surface area contributed by atoms with Crippen molar-refractivity contribution >= 4 is 35.0 Å². The maximum Gasteiger partial charge on any atom is 0.242 e. The average molecular weight is 260 g/mol. The lowest BCUT2D eigenvalue weighted by Crippen LogP contribution is -2.04. The Labute approximate surface area is 107 Å². The van der Waals surface area contributed by atoms with Gasteiger partial charge in [-0.25, -0.2) is 0 Å². The first-order valence-corrected chi connectivity index (χ1v) is 4.92. The van der Waals surface area contributed by atoms with Crippen LogP contribution in [0.5, 0.6) is 0 Å². The van der Waals surface area contributed by atoms with Gasteiger partial charge in [0.2, 0.25) is 5.95 Å². The Morgan fingerprint density at radius 2 is 2.06 bits per heavy atom. The lowest BCUT2D eigenvalue weighted by Gasteiger charge is -2.06. The lowest BCUT2D eigenvalue weighted by atomic mass is 10.1. The zero-order valence-corrected chi connectivity index (χ0v) is 9.24. The Balaban J connectivity index is 2.64. The van der Waals surface area contributed by atoms with Gasteiger partial charge < -0.3 is 11.4 Å². The van der Waals surface area contributed by atoms with Crippen molar-refractivity contribution in [3.05, 3.63) is 28.2 Å². The molecule has 7 heteroatoms. The van der Waals surface area contributed by atoms with Crippen LogP contribution in [-0.2, 0) is 0 Å². The van der Waals surface area contributed by atoms with Gasteiger partial charge in [0.25, 0.3) is 0 Å². The molecule has 0 saturated heterocycles. The maximum absolute atomic E-state index is 7.32. The Bertz CT molecular complexity index is 640. The number of hydrogen-bond acceptors (Lipinski definition) is 5. The number of hydrogen-bond donors (Lipinski definition) is 2. The second kappa shape index (κ2) is 4.11. The minimum Gasteiger partial charge on any atom is -0.382 e. The van der Waals surface area contributed by atoms with Crippen LogP contribution < -0.4 is 11.4 Å². The van der Waals surface area contributed by atoms with E-state index in [2.05, 4.69) is 15.2 Å². The van der Waals surface area contributed by atoms with Crippen LogP contribution in [0, 0.1) is 0 Å². The van der Waals surface area contributed by atoms with Gasteiger partial charge in [0.15, 0.2) is 11.5 Å². The second-order valence-corrected chi connectivity index (χ2v) is 3.67. The Morgan fingerprint density at radius 3 is 2.81 bits per heavy atom. The van der Waals surface area contributed by atoms with Crippen LogP contribution in [-0.4, -0.2) is 15.2 Å². The Hall–Kier alpha value is -1.59. The average Bonchev–Trinajstić information content (AvgIpc) is 2.41. The lowest BCUT2D eigenvalue weighted by molar-refractivity contribution is 1.000. The fourth-order valence-corrected chi connectivity index (χ4v) is 1.56. The molecule has 0 fully saturated rings. The fourth-order valence-electron chi connectivity index (χ4n) is 1.17. The number of nitrogens with two attached hydrogens (primary N) is 2. The van der Waals surface area contributed by atoms with E-state index in [9.17, 15) is 0 Å². The molecule has 0 aliphatic rings. The van der Waals surface area contributed by atoms with Gasteiger partial charge in [-0.3, -0.25) is 0 Å². The molecular weight excluding hydrogens is 249 g/mol. The Morgan fingerprint density at radius 1 is 1.19 bits per heavy atom. The first-order valence-electron chi connectivity index (χ1n) is 5.95. The molecule has 0 atom stereocenters. The van der Waals surface area contributed by atoms with E-state index in [4.69, 9.17) is 28.8 Å². The molecule has 0 aliphatic carbocycles. The normalized spacial score (nSPS) is 13.4. The maximum atomic E-state index is 7.32. The van der Waals surface area contributed by atoms with Gasteiger partial charge in [0.05, 0.1) is 10.0 Å². The summed E-state index contributed by atoms with van der Waals surface area (Å²) in [6.07, 6.45) is 0. The van der Waals surface area contributed by atoms with E-state index < -0.39 is 0 Å². The van der Waals surface area contributed by atoms with Crippen molar-refractivity contribution < 1.29 is 5.65 Å². The molecule has 4 N–H and O–H groups in total. The predicted molar refractivity (Wildman–Crippen MR) is 64.1 cm³/mol. The van der Waals surface area contributed by atoms with Gasteiger partial charge in [0, 0.05) is 5.56 Å². The zero-order chi connectivity index (χ0) is 14.9. The van der Waals surface area contributed by atoms with Gasteiger partial charge in [-0.2, -0.15) is 4.98 Å². The number of nitrogens with zero attached hydrogens (tertiary/aromatic N) is 3. The summed E-state index contributed by atoms with van der Waals surface area (Å²) in [5, 5.41) is 7.81. The van der Waals surface area contributed by atoms with E-state index >= 15 is 0 Å². The van der Waals surface area contributed by atoms with Crippen LogP contribution in [0.15, 0.2) is 18.2 Å². The van der Waals surface area contributed by atoms with Crippen molar-refractivity contribution in [2.45, 2.75) is 0 Å². The minimum absolute atomic E-state index is 0.0631. The summed E-state index contributed by atoms with van der Waals surface area (Å²) in [6.45, 7) is 0. The van der Waals surface area contributed by atoms with Crippen molar-refractivity contribution in [1.82, 2.24) is 15.2 Å². The van der Waals surface area contributed by atoms with Crippen LogP contribution in [0.25, 0.3) is 11.3 Å². The summed E-state index contributed by atoms with van der Waals surface area (Å²) in [4.78, 5) is 3.75. The van der Waals surface area contributed by atoms with Crippen molar-refractivity contribution in [3.63, 3.8) is 0 Å². The molecule has 0 radical (unpaired) electrons. The molecular formula is C9H7Cl2N5. The van der Waals surface area contributed by atoms with E-state index in [1.54, 1.807) is 18.2 Å². The second-order valence-electron chi connectivity index (χ2n) is 2.89. The van der Waals surface area contributed by atoms with E-state index in [0.29, 0.717) is 5.56 Å². The first kappa shape index (κ1) is 6.88. The monoisotopic (exact) mass is 259 g/mol. The summed E-state index contributed by atoms with van der Waals surface area (Å²) in [5.74, 6) is -0.588. The zero-order valence-electron chi connectivity index (χ0n) is 11.7. The number of anilines is 2. The minimum atomic E-state index is -0.369. The molecule has 82 valence electrons. The van der Waals surface area contributed by atoms with E-state index in [0.717, 1.165) is 0 Å². The molecule has 0 unspecified atom stereocenters. The van der Waals surface area contributed by atoms with Crippen LogP contribution >= 0.6 is 23.2 Å². The molecule has 0 saturated carbocycles. The van der Waals surface area contributed by atoms with E-state index in [1.165, 1.54) is 0 Å². The third-order valence-electron chi connectivity index (χ3n) is 1.86. The third-order valence-corrected chi connectivity index (χ3v) is 2.68. The molecule has 0 amide bonds. The van der Waals surface area contributed by atoms with Gasteiger partial charge in [-0.15, -0.1) is 10.2 Å². The van der Waals surface area contributed by atoms with Crippen molar-refractivity contribution in [1.29, 1.82) is 0 Å². The SMILES string of the molecule is [2H]N([2H])c1nnc(-c2cccc(Cl)c2Cl)c(N([2H])[2H])n1. The van der Waals surface area contributed by atoms with Crippen LogP contribution in [0.3, 0.4) is 0 Å². The number of nitrogen functional groups attached to an aromatic ring is 2. The summed E-state index contributed by atoms with van der Waals surface area (Å²) in [7, 11) is 0. The molecule has 0 bridgehead atoms. The summed E-state index contributed by atoms with van der Waals surface area (Å²) in [5.41, 5.74) is 0.747. The van der Waals surface area contributed by atoms with Gasteiger partial charge in [0.1, 0.15) is 5.69 Å². The molecule has 16 heavy (non-hydrogen) atoms. The van der Waals surface area contributed by atoms with Gasteiger partial charge in [-0.05, 0) is 6.07 Å². The molecule has 0 spiro atoms. The molecule has 2 rings (SSSR count). The summed E-state index contributed by atoms with van der Waals surface area (Å²) < 4.78 is 28.8. The van der Waals surface area contributed by atoms with Gasteiger partial charge in [-0.1, -0.05) is 35.3 Å². The van der Waals surface area contributed by atoms with Crippen LogP contribution in [0.2, 0.25) is 15.7 Å². The Kier molecular flexibility index (Phi) is 1.77. The van der Waals surface area contributed by atoms with Crippen LogP contribution in [0.4, 0.5) is 11.8 Å². The summed E-state index contributed by atoms with van der Waals surface area (Å²) in [6, 6.07) is 4.80. The molecule has 1 aromatic heterocycles. The van der Waals surface area contributed by atoms with Crippen molar-refractivity contribution in [3.8, 4) is 11.3 Å². The third kappa shape index (κ3) is 1.87. The molecule has 2 aromatic rings. The number of aromatic nitrogens is 3. The number of halogens is 2. The number of benzene rings is 1. The molecule has 1 aromatic carbocycles. The number of rotatable bonds is 3. The highest BCUT2D eigenvalue weighted by molar-refractivity contribution is 6.43. The smallest absolute Gasteiger partial charge is 0.242 e.